The van der Waals surface area contributed by atoms with Crippen LogP contribution in [0, 0.1) is 12.8 Å². The lowest BCUT2D eigenvalue weighted by atomic mass is 9.93. The highest BCUT2D eigenvalue weighted by molar-refractivity contribution is 5.97. The van der Waals surface area contributed by atoms with Crippen LogP contribution < -0.4 is 10.9 Å². The van der Waals surface area contributed by atoms with Gasteiger partial charge in [0.25, 0.3) is 11.8 Å². The van der Waals surface area contributed by atoms with Gasteiger partial charge in [-0.2, -0.15) is 0 Å². The highest BCUT2D eigenvalue weighted by Crippen LogP contribution is 2.31. The van der Waals surface area contributed by atoms with Gasteiger partial charge in [0, 0.05) is 30.5 Å². The third-order valence-electron chi connectivity index (χ3n) is 5.12. The Morgan fingerprint density at radius 2 is 1.92 bits per heavy atom. The molecule has 1 aliphatic heterocycles. The van der Waals surface area contributed by atoms with Gasteiger partial charge in [0.05, 0.1) is 11.6 Å². The quantitative estimate of drug-likeness (QED) is 0.827. The van der Waals surface area contributed by atoms with Gasteiger partial charge in [0.1, 0.15) is 0 Å². The molecule has 1 atom stereocenters. The number of rotatable bonds is 4. The molecule has 0 spiro atoms. The van der Waals surface area contributed by atoms with E-state index in [1.165, 1.54) is 12.8 Å². The number of aromatic nitrogens is 1. The first-order chi connectivity index (χ1) is 11.3. The number of nitrogens with zero attached hydrogens (tertiary/aromatic N) is 2. The van der Waals surface area contributed by atoms with E-state index in [4.69, 9.17) is 0 Å². The van der Waals surface area contributed by atoms with E-state index in [0.29, 0.717) is 5.56 Å². The number of carbonyl (C=O) groups excluding carboxylic acids is 2. The number of hydrazine groups is 1. The molecule has 24 heavy (non-hydrogen) atoms. The fraction of sp³-hybridized carbons (Fsp3) is 0.667. The zero-order valence-corrected chi connectivity index (χ0v) is 15.1. The Balaban J connectivity index is 1.54. The molecule has 0 bridgehead atoms. The van der Waals surface area contributed by atoms with E-state index >= 15 is 0 Å². The fourth-order valence-electron chi connectivity index (χ4n) is 3.30. The predicted molar refractivity (Wildman–Crippen MR) is 92.4 cm³/mol. The van der Waals surface area contributed by atoms with Crippen LogP contribution in [0.25, 0.3) is 0 Å². The Kier molecular flexibility index (Phi) is 4.42. The van der Waals surface area contributed by atoms with E-state index < -0.39 is 0 Å². The molecule has 6 nitrogen and oxygen atoms in total. The van der Waals surface area contributed by atoms with Crippen molar-refractivity contribution in [2.75, 3.05) is 6.54 Å². The Morgan fingerprint density at radius 1 is 1.21 bits per heavy atom. The molecular weight excluding hydrogens is 304 g/mol. The molecule has 6 heteroatoms. The molecular formula is C18H28N4O2. The van der Waals surface area contributed by atoms with Gasteiger partial charge in [-0.15, -0.1) is 0 Å². The summed E-state index contributed by atoms with van der Waals surface area (Å²) in [6.45, 7) is 10.1. The van der Waals surface area contributed by atoms with Crippen LogP contribution in [0.15, 0.2) is 12.3 Å². The van der Waals surface area contributed by atoms with Gasteiger partial charge >= 0.3 is 0 Å². The van der Waals surface area contributed by atoms with Gasteiger partial charge in [-0.05, 0) is 58.9 Å². The molecule has 1 unspecified atom stereocenters. The number of nitrogens with one attached hydrogen (secondary N) is 2. The van der Waals surface area contributed by atoms with Crippen LogP contribution in [0.5, 0.6) is 0 Å². The van der Waals surface area contributed by atoms with E-state index in [2.05, 4.69) is 41.1 Å². The van der Waals surface area contributed by atoms with Crippen LogP contribution in [0.4, 0.5) is 0 Å². The van der Waals surface area contributed by atoms with Crippen LogP contribution >= 0.6 is 0 Å². The Labute approximate surface area is 143 Å². The standard InChI is InChI=1S/C18H28N4O2/c1-12-14(7-9-21(12)11-13-5-6-13)16(23)19-20-17(24)15-8-10-22(15)18(2,3)4/h7,9,13,15H,5-6,8,10-11H2,1-4H3,(H,19,23)(H,20,24). The van der Waals surface area contributed by atoms with Gasteiger partial charge in [0.15, 0.2) is 0 Å². The van der Waals surface area contributed by atoms with Crippen LogP contribution in [-0.4, -0.2) is 39.4 Å². The molecule has 0 radical (unpaired) electrons. The summed E-state index contributed by atoms with van der Waals surface area (Å²) in [5, 5.41) is 0. The lowest BCUT2D eigenvalue weighted by Gasteiger charge is -2.48. The van der Waals surface area contributed by atoms with Crippen molar-refractivity contribution in [3.8, 4) is 0 Å². The van der Waals surface area contributed by atoms with Crippen molar-refractivity contribution >= 4 is 11.8 Å². The molecule has 1 saturated carbocycles. The summed E-state index contributed by atoms with van der Waals surface area (Å²) in [6, 6.07) is 1.66. The second-order valence-corrected chi connectivity index (χ2v) is 8.02. The second kappa shape index (κ2) is 6.24. The van der Waals surface area contributed by atoms with Crippen LogP contribution in [-0.2, 0) is 11.3 Å². The number of amides is 2. The molecule has 1 aromatic heterocycles. The lowest BCUT2D eigenvalue weighted by Crippen LogP contribution is -2.64. The molecule has 3 rings (SSSR count). The SMILES string of the molecule is Cc1c(C(=O)NNC(=O)C2CCN2C(C)(C)C)ccn1CC1CC1. The fourth-order valence-corrected chi connectivity index (χ4v) is 3.30. The van der Waals surface area contributed by atoms with E-state index in [1.807, 2.05) is 19.2 Å². The second-order valence-electron chi connectivity index (χ2n) is 8.02. The maximum Gasteiger partial charge on any atom is 0.271 e. The first-order valence-corrected chi connectivity index (χ1v) is 8.80. The van der Waals surface area contributed by atoms with Crippen molar-refractivity contribution < 1.29 is 9.59 Å². The number of likely N-dealkylation sites (tertiary alicyclic amines) is 1. The largest absolute Gasteiger partial charge is 0.351 e. The number of carbonyl (C=O) groups is 2. The summed E-state index contributed by atoms with van der Waals surface area (Å²) < 4.78 is 2.13. The Morgan fingerprint density at radius 3 is 2.46 bits per heavy atom. The first kappa shape index (κ1) is 17.0. The van der Waals surface area contributed by atoms with E-state index in [0.717, 1.165) is 31.1 Å². The van der Waals surface area contributed by atoms with Crippen molar-refractivity contribution in [2.24, 2.45) is 5.92 Å². The van der Waals surface area contributed by atoms with Crippen LogP contribution in [0.1, 0.15) is 56.1 Å². The lowest BCUT2D eigenvalue weighted by molar-refractivity contribution is -0.136. The molecule has 2 N–H and O–H groups in total. The Bertz CT molecular complexity index is 640. The predicted octanol–water partition coefficient (Wildman–Crippen LogP) is 1.84. The average Bonchev–Trinajstić information content (AvgIpc) is 3.17. The molecule has 2 amide bonds. The highest BCUT2D eigenvalue weighted by Gasteiger charge is 2.40. The van der Waals surface area contributed by atoms with Gasteiger partial charge in [0.2, 0.25) is 0 Å². The van der Waals surface area contributed by atoms with E-state index in [1.54, 1.807) is 0 Å². The van der Waals surface area contributed by atoms with Crippen LogP contribution in [0.3, 0.4) is 0 Å². The minimum absolute atomic E-state index is 0.0408. The monoisotopic (exact) mass is 332 g/mol. The third kappa shape index (κ3) is 3.48. The molecule has 132 valence electrons. The van der Waals surface area contributed by atoms with Gasteiger partial charge in [-0.25, -0.2) is 0 Å². The van der Waals surface area contributed by atoms with E-state index in [9.17, 15) is 9.59 Å². The van der Waals surface area contributed by atoms with Crippen molar-refractivity contribution in [1.82, 2.24) is 20.3 Å². The zero-order valence-electron chi connectivity index (χ0n) is 15.1. The maximum atomic E-state index is 12.3. The van der Waals surface area contributed by atoms with Crippen molar-refractivity contribution in [1.29, 1.82) is 0 Å². The van der Waals surface area contributed by atoms with Crippen molar-refractivity contribution in [3.63, 3.8) is 0 Å². The smallest absolute Gasteiger partial charge is 0.271 e. The van der Waals surface area contributed by atoms with Gasteiger partial charge in [-0.1, -0.05) is 0 Å². The number of hydrogen-bond donors (Lipinski definition) is 2. The van der Waals surface area contributed by atoms with Gasteiger partial charge < -0.3 is 4.57 Å². The molecule has 1 aromatic rings. The normalized spacial score (nSPS) is 21.2. The maximum absolute atomic E-state index is 12.3. The number of hydrogen-bond acceptors (Lipinski definition) is 3. The topological polar surface area (TPSA) is 66.4 Å². The molecule has 0 aromatic carbocycles. The summed E-state index contributed by atoms with van der Waals surface area (Å²) in [5.41, 5.74) is 6.68. The summed E-state index contributed by atoms with van der Waals surface area (Å²) in [6.07, 6.45) is 5.34. The molecule has 2 fully saturated rings. The molecule has 2 heterocycles. The zero-order chi connectivity index (χ0) is 17.5. The third-order valence-corrected chi connectivity index (χ3v) is 5.12. The molecule has 2 aliphatic rings. The highest BCUT2D eigenvalue weighted by atomic mass is 16.2. The minimum atomic E-state index is -0.253. The summed E-state index contributed by atoms with van der Waals surface area (Å²) >= 11 is 0. The van der Waals surface area contributed by atoms with Crippen LogP contribution in [0.2, 0.25) is 0 Å². The summed E-state index contributed by atoms with van der Waals surface area (Å²) in [5.74, 6) is 0.366. The van der Waals surface area contributed by atoms with Gasteiger partial charge in [-0.3, -0.25) is 25.3 Å². The summed E-state index contributed by atoms with van der Waals surface area (Å²) in [7, 11) is 0. The molecule has 1 aliphatic carbocycles. The van der Waals surface area contributed by atoms with Crippen molar-refractivity contribution in [3.05, 3.63) is 23.5 Å². The average molecular weight is 332 g/mol. The van der Waals surface area contributed by atoms with Crippen molar-refractivity contribution in [2.45, 2.75) is 65.1 Å². The summed E-state index contributed by atoms with van der Waals surface area (Å²) in [4.78, 5) is 26.8. The van der Waals surface area contributed by atoms with E-state index in [-0.39, 0.29) is 23.4 Å². The molecule has 1 saturated heterocycles. The first-order valence-electron chi connectivity index (χ1n) is 8.80. The minimum Gasteiger partial charge on any atom is -0.351 e. The Hall–Kier alpha value is -1.82.